The normalized spacial score (nSPS) is 26.1. The number of rotatable bonds is 2. The molecule has 4 N–H and O–H groups in total. The van der Waals surface area contributed by atoms with Crippen molar-refractivity contribution in [1.82, 2.24) is 9.88 Å². The van der Waals surface area contributed by atoms with Crippen LogP contribution in [0.15, 0.2) is 21.3 Å². The molecular formula is C15H20N4O2. The molecular weight excluding hydrogens is 268 g/mol. The number of aromatic amines is 1. The van der Waals surface area contributed by atoms with Crippen LogP contribution < -0.4 is 16.8 Å². The molecule has 0 bridgehead atoms. The summed E-state index contributed by atoms with van der Waals surface area (Å²) in [5, 5.41) is 3.55. The molecule has 2 aliphatic rings. The Labute approximate surface area is 122 Å². The predicted molar refractivity (Wildman–Crippen MR) is 82.5 cm³/mol. The van der Waals surface area contributed by atoms with E-state index in [1.807, 2.05) is 6.07 Å². The number of nitrogens with two attached hydrogens (primary N) is 1. The molecule has 2 unspecified atom stereocenters. The van der Waals surface area contributed by atoms with Crippen LogP contribution in [0.3, 0.4) is 0 Å². The Bertz CT molecular complexity index is 720. The Morgan fingerprint density at radius 3 is 3.14 bits per heavy atom. The summed E-state index contributed by atoms with van der Waals surface area (Å²) in [7, 11) is 0. The molecule has 2 aromatic rings. The van der Waals surface area contributed by atoms with E-state index in [4.69, 9.17) is 10.2 Å². The lowest BCUT2D eigenvalue weighted by Crippen LogP contribution is -2.42. The van der Waals surface area contributed by atoms with Gasteiger partial charge < -0.3 is 20.4 Å². The number of H-pyrrole nitrogens is 1. The fourth-order valence-corrected chi connectivity index (χ4v) is 3.71. The third-order valence-electron chi connectivity index (χ3n) is 4.77. The van der Waals surface area contributed by atoms with E-state index in [0.717, 1.165) is 24.7 Å². The van der Waals surface area contributed by atoms with E-state index in [0.29, 0.717) is 22.8 Å². The molecule has 6 nitrogen and oxygen atoms in total. The lowest BCUT2D eigenvalue weighted by Gasteiger charge is -2.35. The summed E-state index contributed by atoms with van der Waals surface area (Å²) >= 11 is 0. The number of hydrogen-bond acceptors (Lipinski definition) is 5. The molecule has 0 radical (unpaired) electrons. The summed E-state index contributed by atoms with van der Waals surface area (Å²) in [4.78, 5) is 16.5. The second-order valence-corrected chi connectivity index (χ2v) is 6.15. The van der Waals surface area contributed by atoms with Crippen LogP contribution in [-0.4, -0.2) is 35.1 Å². The molecule has 2 fully saturated rings. The Balaban J connectivity index is 1.56. The van der Waals surface area contributed by atoms with Gasteiger partial charge in [-0.05, 0) is 38.3 Å². The van der Waals surface area contributed by atoms with Crippen molar-refractivity contribution >= 4 is 22.5 Å². The minimum Gasteiger partial charge on any atom is -0.408 e. The molecule has 2 saturated heterocycles. The number of nitrogens with zero attached hydrogens (tertiary/aromatic N) is 1. The summed E-state index contributed by atoms with van der Waals surface area (Å²) in [6.07, 6.45) is 4.93. The Kier molecular flexibility index (Phi) is 2.92. The van der Waals surface area contributed by atoms with E-state index in [1.54, 1.807) is 6.07 Å². The average Bonchev–Trinajstić information content (AvgIpc) is 3.04. The number of aromatic nitrogens is 1. The maximum Gasteiger partial charge on any atom is 0.417 e. The zero-order valence-corrected chi connectivity index (χ0v) is 11.9. The van der Waals surface area contributed by atoms with Gasteiger partial charge >= 0.3 is 5.76 Å². The van der Waals surface area contributed by atoms with E-state index < -0.39 is 5.76 Å². The van der Waals surface area contributed by atoms with Crippen molar-refractivity contribution in [3.63, 3.8) is 0 Å². The highest BCUT2D eigenvalue weighted by atomic mass is 16.4. The highest BCUT2D eigenvalue weighted by Crippen LogP contribution is 2.31. The van der Waals surface area contributed by atoms with Crippen LogP contribution in [0, 0.1) is 0 Å². The molecule has 3 heterocycles. The van der Waals surface area contributed by atoms with Gasteiger partial charge in [-0.3, -0.25) is 4.98 Å². The standard InChI is InChI=1S/C15H20N4O2/c16-11-7-14-13(18-15(20)21-14)8-12(11)17-9-3-5-19-4-1-2-10(19)6-9/h7-10,17H,1-6,16H2,(H,18,20). The molecule has 2 aliphatic heterocycles. The Morgan fingerprint density at radius 1 is 1.33 bits per heavy atom. The first-order valence-electron chi connectivity index (χ1n) is 7.62. The maximum atomic E-state index is 11.2. The number of nitrogen functional groups attached to an aromatic ring is 1. The van der Waals surface area contributed by atoms with Crippen LogP contribution in [0.2, 0.25) is 0 Å². The van der Waals surface area contributed by atoms with Crippen LogP contribution in [0.4, 0.5) is 11.4 Å². The molecule has 6 heteroatoms. The topological polar surface area (TPSA) is 87.3 Å². The van der Waals surface area contributed by atoms with Crippen LogP contribution >= 0.6 is 0 Å². The smallest absolute Gasteiger partial charge is 0.408 e. The molecule has 21 heavy (non-hydrogen) atoms. The third-order valence-corrected chi connectivity index (χ3v) is 4.77. The van der Waals surface area contributed by atoms with Gasteiger partial charge in [-0.15, -0.1) is 0 Å². The summed E-state index contributed by atoms with van der Waals surface area (Å²) in [6, 6.07) is 4.74. The summed E-state index contributed by atoms with van der Waals surface area (Å²) in [6.45, 7) is 2.41. The van der Waals surface area contributed by atoms with Gasteiger partial charge in [0.2, 0.25) is 0 Å². The Hall–Kier alpha value is -1.95. The van der Waals surface area contributed by atoms with Crippen molar-refractivity contribution in [3.05, 3.63) is 22.7 Å². The summed E-state index contributed by atoms with van der Waals surface area (Å²) < 4.78 is 5.02. The molecule has 0 aliphatic carbocycles. The van der Waals surface area contributed by atoms with Crippen molar-refractivity contribution in [2.24, 2.45) is 0 Å². The van der Waals surface area contributed by atoms with Crippen LogP contribution in [-0.2, 0) is 0 Å². The number of fused-ring (bicyclic) bond motifs is 2. The highest BCUT2D eigenvalue weighted by Gasteiger charge is 2.31. The molecule has 2 atom stereocenters. The third kappa shape index (κ3) is 2.29. The molecule has 112 valence electrons. The van der Waals surface area contributed by atoms with Gasteiger partial charge in [0.05, 0.1) is 16.9 Å². The van der Waals surface area contributed by atoms with Gasteiger partial charge in [-0.2, -0.15) is 0 Å². The molecule has 1 aromatic heterocycles. The zero-order chi connectivity index (χ0) is 14.4. The average molecular weight is 288 g/mol. The molecule has 4 rings (SSSR count). The van der Waals surface area contributed by atoms with Crippen molar-refractivity contribution in [1.29, 1.82) is 0 Å². The van der Waals surface area contributed by atoms with E-state index in [2.05, 4.69) is 15.2 Å². The van der Waals surface area contributed by atoms with Gasteiger partial charge in [0, 0.05) is 24.7 Å². The van der Waals surface area contributed by atoms with E-state index in [-0.39, 0.29) is 0 Å². The zero-order valence-electron chi connectivity index (χ0n) is 11.9. The quantitative estimate of drug-likeness (QED) is 0.733. The first-order chi connectivity index (χ1) is 10.2. The minimum atomic E-state index is -0.444. The lowest BCUT2D eigenvalue weighted by molar-refractivity contribution is 0.188. The molecule has 1 aromatic carbocycles. The number of hydrogen-bond donors (Lipinski definition) is 3. The van der Waals surface area contributed by atoms with Gasteiger partial charge in [0.15, 0.2) is 5.58 Å². The SMILES string of the molecule is Nc1cc2oc(=O)[nH]c2cc1NC1CCN2CCCC2C1. The van der Waals surface area contributed by atoms with Gasteiger partial charge in [0.25, 0.3) is 0 Å². The van der Waals surface area contributed by atoms with Crippen molar-refractivity contribution in [3.8, 4) is 0 Å². The molecule has 0 spiro atoms. The van der Waals surface area contributed by atoms with Crippen molar-refractivity contribution in [2.45, 2.75) is 37.8 Å². The molecule has 0 saturated carbocycles. The van der Waals surface area contributed by atoms with Crippen LogP contribution in [0.25, 0.3) is 11.1 Å². The van der Waals surface area contributed by atoms with E-state index in [1.165, 1.54) is 25.8 Å². The monoisotopic (exact) mass is 288 g/mol. The van der Waals surface area contributed by atoms with Gasteiger partial charge in [-0.25, -0.2) is 4.79 Å². The number of anilines is 2. The second kappa shape index (κ2) is 4.80. The fourth-order valence-electron chi connectivity index (χ4n) is 3.71. The fraction of sp³-hybridized carbons (Fsp3) is 0.533. The van der Waals surface area contributed by atoms with Gasteiger partial charge in [-0.1, -0.05) is 0 Å². The van der Waals surface area contributed by atoms with Gasteiger partial charge in [0.1, 0.15) is 0 Å². The van der Waals surface area contributed by atoms with Crippen molar-refractivity contribution in [2.75, 3.05) is 24.1 Å². The summed E-state index contributed by atoms with van der Waals surface area (Å²) in [5.41, 5.74) is 8.78. The largest absolute Gasteiger partial charge is 0.417 e. The second-order valence-electron chi connectivity index (χ2n) is 6.15. The minimum absolute atomic E-state index is 0.444. The number of nitrogens with one attached hydrogen (secondary N) is 2. The predicted octanol–water partition coefficient (Wildman–Crippen LogP) is 1.74. The van der Waals surface area contributed by atoms with Crippen LogP contribution in [0.1, 0.15) is 25.7 Å². The summed E-state index contributed by atoms with van der Waals surface area (Å²) in [5.74, 6) is -0.444. The first-order valence-corrected chi connectivity index (χ1v) is 7.62. The molecule has 0 amide bonds. The van der Waals surface area contributed by atoms with E-state index >= 15 is 0 Å². The van der Waals surface area contributed by atoms with Crippen molar-refractivity contribution < 1.29 is 4.42 Å². The lowest BCUT2D eigenvalue weighted by atomic mass is 9.97. The maximum absolute atomic E-state index is 11.2. The first kappa shape index (κ1) is 12.8. The number of benzene rings is 1. The Morgan fingerprint density at radius 2 is 2.24 bits per heavy atom. The number of piperidine rings is 1. The highest BCUT2D eigenvalue weighted by molar-refractivity contribution is 5.85. The van der Waals surface area contributed by atoms with Crippen LogP contribution in [0.5, 0.6) is 0 Å². The van der Waals surface area contributed by atoms with E-state index in [9.17, 15) is 4.79 Å². The number of oxazole rings is 1.